The first kappa shape index (κ1) is 13.5. The van der Waals surface area contributed by atoms with Gasteiger partial charge in [0.05, 0.1) is 11.1 Å². The predicted octanol–water partition coefficient (Wildman–Crippen LogP) is 3.07. The average molecular weight is 335 g/mol. The van der Waals surface area contributed by atoms with Gasteiger partial charge in [0.25, 0.3) is 0 Å². The molecule has 20 heavy (non-hydrogen) atoms. The number of aromatic nitrogens is 1. The van der Waals surface area contributed by atoms with Gasteiger partial charge in [0.2, 0.25) is 0 Å². The number of fused-ring (bicyclic) bond motifs is 2. The van der Waals surface area contributed by atoms with E-state index < -0.39 is 5.97 Å². The zero-order valence-corrected chi connectivity index (χ0v) is 12.8. The fourth-order valence-corrected chi connectivity index (χ4v) is 3.37. The number of aromatic carboxylic acids is 1. The zero-order chi connectivity index (χ0) is 14.3. The molecule has 1 N–H and O–H groups in total. The lowest BCUT2D eigenvalue weighted by Gasteiger charge is -2.28. The number of likely N-dealkylation sites (N-methyl/N-ethyl adjacent to an activating group) is 1. The van der Waals surface area contributed by atoms with E-state index in [-0.39, 0.29) is 0 Å². The molecule has 0 radical (unpaired) electrons. The summed E-state index contributed by atoms with van der Waals surface area (Å²) < 4.78 is 0.788. The molecule has 0 atom stereocenters. The Morgan fingerprint density at radius 2 is 2.30 bits per heavy atom. The van der Waals surface area contributed by atoms with Crippen LogP contribution in [0.4, 0.5) is 0 Å². The quantitative estimate of drug-likeness (QED) is 0.916. The fourth-order valence-electron chi connectivity index (χ4n) is 2.81. The minimum Gasteiger partial charge on any atom is -0.478 e. The summed E-state index contributed by atoms with van der Waals surface area (Å²) >= 11 is 3.46. The lowest BCUT2D eigenvalue weighted by molar-refractivity contribution is 0.0695. The molecule has 1 aliphatic rings. The number of carbonyl (C=O) groups is 1. The summed E-state index contributed by atoms with van der Waals surface area (Å²) in [5.74, 6) is -0.876. The molecule has 1 aliphatic heterocycles. The molecule has 2 heterocycles. The standard InChI is InChI=1S/C15H15BrN2O2/c1-2-18-7-6-11-9(8-18)13(15(19)20)14-10(16)4-3-5-12(14)17-11/h3-5H,2,6-8H2,1H3,(H,19,20). The number of carboxylic acids is 1. The molecule has 0 spiro atoms. The first-order chi connectivity index (χ1) is 9.61. The van der Waals surface area contributed by atoms with Crippen molar-refractivity contribution in [1.29, 1.82) is 0 Å². The van der Waals surface area contributed by atoms with Crippen LogP contribution in [0.15, 0.2) is 22.7 Å². The normalized spacial score (nSPS) is 15.3. The lowest BCUT2D eigenvalue weighted by atomic mass is 9.96. The van der Waals surface area contributed by atoms with Gasteiger partial charge in [-0.2, -0.15) is 0 Å². The molecule has 0 fully saturated rings. The van der Waals surface area contributed by atoms with Crippen LogP contribution in [0.1, 0.15) is 28.5 Å². The topological polar surface area (TPSA) is 53.4 Å². The van der Waals surface area contributed by atoms with E-state index in [9.17, 15) is 9.90 Å². The highest BCUT2D eigenvalue weighted by Crippen LogP contribution is 2.32. The SMILES string of the molecule is CCN1CCc2nc3cccc(Br)c3c(C(=O)O)c2C1. The van der Waals surface area contributed by atoms with E-state index in [4.69, 9.17) is 0 Å². The van der Waals surface area contributed by atoms with Crippen molar-refractivity contribution in [2.75, 3.05) is 13.1 Å². The Kier molecular flexibility index (Phi) is 3.48. The number of carboxylic acid groups (broad SMARTS) is 1. The minimum absolute atomic E-state index is 0.399. The van der Waals surface area contributed by atoms with Crippen LogP contribution in [-0.2, 0) is 13.0 Å². The summed E-state index contributed by atoms with van der Waals surface area (Å²) in [5.41, 5.74) is 2.94. The third-order valence-electron chi connectivity index (χ3n) is 3.85. The Hall–Kier alpha value is -1.46. The maximum absolute atomic E-state index is 11.8. The molecule has 0 unspecified atom stereocenters. The molecule has 2 aromatic rings. The molecule has 0 amide bonds. The average Bonchev–Trinajstić information content (AvgIpc) is 2.44. The van der Waals surface area contributed by atoms with Gasteiger partial charge >= 0.3 is 5.97 Å². The highest BCUT2D eigenvalue weighted by atomic mass is 79.9. The largest absolute Gasteiger partial charge is 0.478 e. The van der Waals surface area contributed by atoms with E-state index in [0.717, 1.165) is 40.8 Å². The van der Waals surface area contributed by atoms with E-state index in [2.05, 4.69) is 32.7 Å². The van der Waals surface area contributed by atoms with Gasteiger partial charge in [-0.1, -0.05) is 28.9 Å². The molecule has 5 heteroatoms. The van der Waals surface area contributed by atoms with E-state index in [1.807, 2.05) is 18.2 Å². The van der Waals surface area contributed by atoms with Crippen LogP contribution in [0, 0.1) is 0 Å². The second-order valence-corrected chi connectivity index (χ2v) is 5.82. The highest BCUT2D eigenvalue weighted by Gasteiger charge is 2.25. The van der Waals surface area contributed by atoms with Gasteiger partial charge < -0.3 is 5.11 Å². The van der Waals surface area contributed by atoms with Crippen molar-refractivity contribution in [1.82, 2.24) is 9.88 Å². The minimum atomic E-state index is -0.876. The molecular weight excluding hydrogens is 320 g/mol. The Morgan fingerprint density at radius 3 is 3.00 bits per heavy atom. The number of hydrogen-bond acceptors (Lipinski definition) is 3. The Balaban J connectivity index is 2.33. The van der Waals surface area contributed by atoms with Crippen LogP contribution < -0.4 is 0 Å². The molecule has 1 aromatic carbocycles. The predicted molar refractivity (Wildman–Crippen MR) is 81.1 cm³/mol. The van der Waals surface area contributed by atoms with E-state index in [1.54, 1.807) is 0 Å². The molecule has 3 rings (SSSR count). The first-order valence-electron chi connectivity index (χ1n) is 6.67. The van der Waals surface area contributed by atoms with E-state index in [1.165, 1.54) is 0 Å². The van der Waals surface area contributed by atoms with Crippen molar-refractivity contribution in [2.24, 2.45) is 0 Å². The lowest BCUT2D eigenvalue weighted by Crippen LogP contribution is -2.32. The monoisotopic (exact) mass is 334 g/mol. The van der Waals surface area contributed by atoms with Crippen molar-refractivity contribution in [2.45, 2.75) is 19.9 Å². The summed E-state index contributed by atoms with van der Waals surface area (Å²) in [4.78, 5) is 18.7. The van der Waals surface area contributed by atoms with Gasteiger partial charge in [-0.05, 0) is 18.7 Å². The van der Waals surface area contributed by atoms with Crippen LogP contribution in [0.2, 0.25) is 0 Å². The molecule has 4 nitrogen and oxygen atoms in total. The molecule has 0 bridgehead atoms. The van der Waals surface area contributed by atoms with Gasteiger partial charge in [-0.25, -0.2) is 4.79 Å². The Bertz CT molecular complexity index is 700. The number of nitrogens with zero attached hydrogens (tertiary/aromatic N) is 2. The van der Waals surface area contributed by atoms with Crippen molar-refractivity contribution in [3.63, 3.8) is 0 Å². The molecule has 0 saturated heterocycles. The Labute approximate surface area is 125 Å². The highest BCUT2D eigenvalue weighted by molar-refractivity contribution is 9.10. The van der Waals surface area contributed by atoms with Crippen LogP contribution in [0.5, 0.6) is 0 Å². The zero-order valence-electron chi connectivity index (χ0n) is 11.2. The van der Waals surface area contributed by atoms with Crippen LogP contribution in [0.25, 0.3) is 10.9 Å². The van der Waals surface area contributed by atoms with Crippen molar-refractivity contribution in [3.05, 3.63) is 39.5 Å². The second-order valence-electron chi connectivity index (χ2n) is 4.97. The first-order valence-corrected chi connectivity index (χ1v) is 7.46. The molecule has 104 valence electrons. The van der Waals surface area contributed by atoms with Crippen LogP contribution in [0.3, 0.4) is 0 Å². The second kappa shape index (κ2) is 5.14. The maximum Gasteiger partial charge on any atom is 0.336 e. The van der Waals surface area contributed by atoms with Crippen molar-refractivity contribution in [3.8, 4) is 0 Å². The molecule has 0 aliphatic carbocycles. The van der Waals surface area contributed by atoms with Crippen molar-refractivity contribution >= 4 is 32.8 Å². The molecule has 0 saturated carbocycles. The van der Waals surface area contributed by atoms with Crippen molar-refractivity contribution < 1.29 is 9.90 Å². The third kappa shape index (κ3) is 2.11. The summed E-state index contributed by atoms with van der Waals surface area (Å²) in [5, 5.41) is 10.4. The molecular formula is C15H15BrN2O2. The summed E-state index contributed by atoms with van der Waals surface area (Å²) in [6.45, 7) is 4.62. The van der Waals surface area contributed by atoms with Gasteiger partial charge in [0, 0.05) is 40.6 Å². The number of rotatable bonds is 2. The number of pyridine rings is 1. The fraction of sp³-hybridized carbons (Fsp3) is 0.333. The smallest absolute Gasteiger partial charge is 0.336 e. The number of halogens is 1. The summed E-state index contributed by atoms with van der Waals surface area (Å²) in [6.07, 6.45) is 0.811. The van der Waals surface area contributed by atoms with Gasteiger partial charge in [-0.3, -0.25) is 9.88 Å². The Morgan fingerprint density at radius 1 is 1.50 bits per heavy atom. The van der Waals surface area contributed by atoms with E-state index >= 15 is 0 Å². The van der Waals surface area contributed by atoms with Gasteiger partial charge in [0.15, 0.2) is 0 Å². The molecule has 1 aromatic heterocycles. The third-order valence-corrected chi connectivity index (χ3v) is 4.52. The van der Waals surface area contributed by atoms with Crippen LogP contribution >= 0.6 is 15.9 Å². The van der Waals surface area contributed by atoms with E-state index in [0.29, 0.717) is 17.5 Å². The summed E-state index contributed by atoms with van der Waals surface area (Å²) in [7, 11) is 0. The van der Waals surface area contributed by atoms with Gasteiger partial charge in [-0.15, -0.1) is 0 Å². The number of hydrogen-bond donors (Lipinski definition) is 1. The van der Waals surface area contributed by atoms with Crippen LogP contribution in [-0.4, -0.2) is 34.0 Å². The maximum atomic E-state index is 11.8. The number of benzene rings is 1. The van der Waals surface area contributed by atoms with Gasteiger partial charge in [0.1, 0.15) is 0 Å². The summed E-state index contributed by atoms with van der Waals surface area (Å²) in [6, 6.07) is 5.63.